The maximum absolute atomic E-state index is 15.2. The van der Waals surface area contributed by atoms with Crippen LogP contribution in [0, 0.1) is 0 Å². The van der Waals surface area contributed by atoms with Crippen molar-refractivity contribution in [3.8, 4) is 0 Å². The first-order valence-electron chi connectivity index (χ1n) is 12.6. The van der Waals surface area contributed by atoms with Gasteiger partial charge in [0.15, 0.2) is 24.1 Å². The van der Waals surface area contributed by atoms with Crippen molar-refractivity contribution in [2.45, 2.75) is 103 Å². The van der Waals surface area contributed by atoms with Gasteiger partial charge in [0.2, 0.25) is 17.9 Å². The van der Waals surface area contributed by atoms with Crippen LogP contribution in [0.2, 0.25) is 0 Å². The van der Waals surface area contributed by atoms with Crippen molar-refractivity contribution in [1.29, 1.82) is 0 Å². The Morgan fingerprint density at radius 2 is 1.57 bits per heavy atom. The molecule has 2 aliphatic heterocycles. The molecule has 0 spiro atoms. The molecule has 2 rings (SSSR count). The lowest BCUT2D eigenvalue weighted by atomic mass is 9.95. The van der Waals surface area contributed by atoms with Gasteiger partial charge in [0, 0.05) is 6.20 Å². The van der Waals surface area contributed by atoms with E-state index in [0.717, 1.165) is 0 Å². The summed E-state index contributed by atoms with van der Waals surface area (Å²) in [6.45, 7) is 3.11. The lowest BCUT2D eigenvalue weighted by Gasteiger charge is -2.35. The number of carbonyl (C=O) groups is 4. The summed E-state index contributed by atoms with van der Waals surface area (Å²) < 4.78 is 93.6. The Kier molecular flexibility index (Phi) is 11.8. The molecule has 19 heteroatoms. The highest BCUT2D eigenvalue weighted by Gasteiger charge is 2.72. The van der Waals surface area contributed by atoms with Gasteiger partial charge in [-0.3, -0.25) is 24.1 Å². The van der Waals surface area contributed by atoms with Gasteiger partial charge in [0.1, 0.15) is 12.1 Å². The number of allylic oxidation sites excluding steroid dienone is 1. The standard InChI is InChI=1S/C23H33F5N3O9PS/c1-10(2)38-17(34)12(5)29-41(42,30-13(6)18(35)39-11(3)4)37-9-22(20(25)26)19(36)23(27,28)21(40-22)31-8-14(24)15(32)7-16(31)33/h8,10-13,19-21,36H,7,9H2,1-6H3,(H2,29,30,42)/t12-,13-,19+,21+,22+/m0/s1. The molecule has 3 N–H and O–H groups in total. The third-order valence-corrected chi connectivity index (χ3v) is 8.73. The Hall–Kier alpha value is -2.08. The Morgan fingerprint density at radius 3 is 2.00 bits per heavy atom. The topological polar surface area (TPSA) is 153 Å². The number of aliphatic hydroxyl groups excluding tert-OH is 1. The molecule has 12 nitrogen and oxygen atoms in total. The molecule has 0 saturated carbocycles. The number of ether oxygens (including phenoxy) is 3. The lowest BCUT2D eigenvalue weighted by Crippen LogP contribution is -2.55. The molecule has 0 unspecified atom stereocenters. The van der Waals surface area contributed by atoms with Gasteiger partial charge in [0.05, 0.1) is 25.2 Å². The number of ketones is 1. The van der Waals surface area contributed by atoms with Gasteiger partial charge in [-0.1, -0.05) is 0 Å². The zero-order valence-corrected chi connectivity index (χ0v) is 25.1. The van der Waals surface area contributed by atoms with Gasteiger partial charge in [-0.25, -0.2) is 23.3 Å². The number of alkyl halides is 4. The molecular formula is C23H33F5N3O9PS. The molecule has 0 aromatic carbocycles. The van der Waals surface area contributed by atoms with Crippen LogP contribution in [0.1, 0.15) is 48.0 Å². The van der Waals surface area contributed by atoms with E-state index in [1.165, 1.54) is 13.8 Å². The number of Topliss-reactive ketones (excluding diaryl/α,β-unsaturated/α-hetero) is 1. The van der Waals surface area contributed by atoms with E-state index in [4.69, 9.17) is 30.5 Å². The van der Waals surface area contributed by atoms with Gasteiger partial charge in [-0.15, -0.1) is 0 Å². The summed E-state index contributed by atoms with van der Waals surface area (Å²) in [7, 11) is 0. The highest BCUT2D eigenvalue weighted by atomic mass is 32.4. The molecule has 5 atom stereocenters. The van der Waals surface area contributed by atoms with E-state index in [-0.39, 0.29) is 11.1 Å². The first-order chi connectivity index (χ1) is 19.2. The Morgan fingerprint density at radius 1 is 1.10 bits per heavy atom. The summed E-state index contributed by atoms with van der Waals surface area (Å²) in [5.41, 5.74) is -3.56. The first kappa shape index (κ1) is 36.1. The minimum atomic E-state index is -4.63. The minimum absolute atomic E-state index is 0.0688. The zero-order valence-electron chi connectivity index (χ0n) is 23.4. The number of rotatable bonds is 13. The average molecular weight is 654 g/mol. The fraction of sp³-hybridized carbons (Fsp3) is 0.739. The maximum Gasteiger partial charge on any atom is 0.323 e. The number of nitrogens with one attached hydrogen (secondary N) is 2. The molecule has 1 amide bonds. The number of aliphatic hydroxyl groups is 1. The third kappa shape index (κ3) is 8.09. The molecule has 0 aromatic rings. The Balaban J connectivity index is 2.43. The summed E-state index contributed by atoms with van der Waals surface area (Å²) in [5.74, 6) is -10.7. The van der Waals surface area contributed by atoms with Crippen molar-refractivity contribution in [2.24, 2.45) is 0 Å². The van der Waals surface area contributed by atoms with Gasteiger partial charge >= 0.3 is 17.9 Å². The van der Waals surface area contributed by atoms with Crippen molar-refractivity contribution in [3.63, 3.8) is 0 Å². The summed E-state index contributed by atoms with van der Waals surface area (Å²) in [6.07, 6.45) is -12.5. The van der Waals surface area contributed by atoms with E-state index < -0.39 is 104 Å². The van der Waals surface area contributed by atoms with Crippen LogP contribution in [0.3, 0.4) is 0 Å². The summed E-state index contributed by atoms with van der Waals surface area (Å²) >= 11 is 5.41. The van der Waals surface area contributed by atoms with Gasteiger partial charge in [-0.2, -0.15) is 8.78 Å². The largest absolute Gasteiger partial charge is 0.462 e. The molecule has 42 heavy (non-hydrogen) atoms. The van der Waals surface area contributed by atoms with Crippen LogP contribution in [-0.4, -0.2) is 94.8 Å². The van der Waals surface area contributed by atoms with E-state index in [2.05, 4.69) is 10.2 Å². The van der Waals surface area contributed by atoms with Crippen LogP contribution >= 0.6 is 6.57 Å². The molecule has 0 bridgehead atoms. The zero-order chi connectivity index (χ0) is 32.4. The third-order valence-electron chi connectivity index (χ3n) is 5.84. The predicted molar refractivity (Wildman–Crippen MR) is 138 cm³/mol. The van der Waals surface area contributed by atoms with E-state index in [0.29, 0.717) is 0 Å². The molecule has 2 aliphatic rings. The van der Waals surface area contributed by atoms with E-state index in [9.17, 15) is 37.5 Å². The van der Waals surface area contributed by atoms with Crippen LogP contribution in [-0.2, 0) is 49.7 Å². The molecule has 0 aliphatic carbocycles. The molecule has 1 saturated heterocycles. The van der Waals surface area contributed by atoms with E-state index in [1.54, 1.807) is 27.7 Å². The van der Waals surface area contributed by atoms with E-state index >= 15 is 8.78 Å². The van der Waals surface area contributed by atoms with Crippen molar-refractivity contribution >= 4 is 42.0 Å². The summed E-state index contributed by atoms with van der Waals surface area (Å²) in [6, 6.07) is -2.55. The number of hydrogen-bond acceptors (Lipinski definition) is 10. The Labute approximate surface area is 243 Å². The fourth-order valence-corrected chi connectivity index (χ4v) is 6.71. The van der Waals surface area contributed by atoms with Crippen LogP contribution in [0.4, 0.5) is 22.0 Å². The highest BCUT2D eigenvalue weighted by molar-refractivity contribution is 8.10. The van der Waals surface area contributed by atoms with Crippen LogP contribution < -0.4 is 10.2 Å². The van der Waals surface area contributed by atoms with Crippen LogP contribution in [0.5, 0.6) is 0 Å². The second-order valence-electron chi connectivity index (χ2n) is 10.2. The van der Waals surface area contributed by atoms with Crippen molar-refractivity contribution in [3.05, 3.63) is 12.0 Å². The summed E-state index contributed by atoms with van der Waals surface area (Å²) in [5, 5.41) is 15.5. The number of amides is 1. The SMILES string of the molecule is CC(C)OC(=O)[C@H](C)NP(=S)(N[C@@H](C)C(=O)OC(C)C)OC[C@@]1(C(F)F)O[C@@H](N2C=C(F)C(=O)CC2=O)C(F)(F)[C@@H]1O. The average Bonchev–Trinajstić information content (AvgIpc) is 3.05. The molecular weight excluding hydrogens is 620 g/mol. The van der Waals surface area contributed by atoms with E-state index in [1.807, 2.05) is 0 Å². The number of carbonyl (C=O) groups excluding carboxylic acids is 4. The molecule has 240 valence electrons. The fourth-order valence-electron chi connectivity index (χ4n) is 3.77. The maximum atomic E-state index is 15.2. The van der Waals surface area contributed by atoms with Crippen molar-refractivity contribution < 1.29 is 65.0 Å². The van der Waals surface area contributed by atoms with Crippen molar-refractivity contribution in [2.75, 3.05) is 6.61 Å². The number of esters is 2. The molecule has 0 aromatic heterocycles. The highest BCUT2D eigenvalue weighted by Crippen LogP contribution is 2.50. The number of hydrogen-bond donors (Lipinski definition) is 3. The van der Waals surface area contributed by atoms with Crippen LogP contribution in [0.25, 0.3) is 0 Å². The number of nitrogens with zero attached hydrogens (tertiary/aromatic N) is 1. The lowest BCUT2D eigenvalue weighted by molar-refractivity contribution is -0.201. The van der Waals surface area contributed by atoms with Gasteiger partial charge < -0.3 is 23.8 Å². The first-order valence-corrected chi connectivity index (χ1v) is 15.3. The smallest absolute Gasteiger partial charge is 0.323 e. The quantitative estimate of drug-likeness (QED) is 0.115. The van der Waals surface area contributed by atoms with Crippen molar-refractivity contribution in [1.82, 2.24) is 15.1 Å². The second-order valence-corrected chi connectivity index (χ2v) is 13.6. The molecule has 1 fully saturated rings. The van der Waals surface area contributed by atoms with Gasteiger partial charge in [-0.05, 0) is 53.3 Å². The normalized spacial score (nSPS) is 26.1. The second kappa shape index (κ2) is 13.7. The monoisotopic (exact) mass is 653 g/mol. The van der Waals surface area contributed by atoms with Gasteiger partial charge in [0.25, 0.3) is 6.43 Å². The number of halogens is 5. The molecule has 2 heterocycles. The Bertz CT molecular complexity index is 1110. The minimum Gasteiger partial charge on any atom is -0.462 e. The predicted octanol–water partition coefficient (Wildman–Crippen LogP) is 2.06. The summed E-state index contributed by atoms with van der Waals surface area (Å²) in [4.78, 5) is 48.3. The van der Waals surface area contributed by atoms with Crippen LogP contribution in [0.15, 0.2) is 12.0 Å². The molecule has 0 radical (unpaired) electrons.